The standard InChI is InChI=1S/C27H30ClNO4/c1-4-13-29-19-9-7-11-21(30)25(19)24(26-20(29)10-8-12-22(26)31)17-15-18(28)27(33-14-5-2)23(16-17)32-6-3/h2,15-16,24H,4,6-14H2,1,3H3. The molecule has 0 saturated heterocycles. The molecule has 0 atom stereocenters. The summed E-state index contributed by atoms with van der Waals surface area (Å²) in [4.78, 5) is 28.9. The number of hydrogen-bond acceptors (Lipinski definition) is 5. The third-order valence-electron chi connectivity index (χ3n) is 6.50. The molecule has 3 aliphatic rings. The molecule has 0 spiro atoms. The molecule has 0 unspecified atom stereocenters. The number of halogens is 1. The van der Waals surface area contributed by atoms with Gasteiger partial charge in [0, 0.05) is 47.8 Å². The molecule has 33 heavy (non-hydrogen) atoms. The molecular formula is C27H30ClNO4. The van der Waals surface area contributed by atoms with Crippen LogP contribution in [0.25, 0.3) is 0 Å². The quantitative estimate of drug-likeness (QED) is 0.490. The highest BCUT2D eigenvalue weighted by atomic mass is 35.5. The lowest BCUT2D eigenvalue weighted by Gasteiger charge is -2.44. The first-order chi connectivity index (χ1) is 16.0. The van der Waals surface area contributed by atoms with E-state index in [1.165, 1.54) is 0 Å². The SMILES string of the molecule is C#CCOc1c(Cl)cc(C2C3=C(CCCC3=O)N(CCC)C3=C2C(=O)CCC3)cc1OCC. The molecule has 0 saturated carbocycles. The molecule has 0 N–H and O–H groups in total. The Morgan fingerprint density at radius 1 is 1.03 bits per heavy atom. The van der Waals surface area contributed by atoms with Crippen molar-refractivity contribution in [3.63, 3.8) is 0 Å². The average molecular weight is 468 g/mol. The van der Waals surface area contributed by atoms with Crippen LogP contribution in [-0.2, 0) is 9.59 Å². The molecule has 2 aliphatic carbocycles. The van der Waals surface area contributed by atoms with Crippen molar-refractivity contribution in [1.29, 1.82) is 0 Å². The van der Waals surface area contributed by atoms with E-state index in [1.807, 2.05) is 13.0 Å². The van der Waals surface area contributed by atoms with Crippen LogP contribution >= 0.6 is 11.6 Å². The Labute approximate surface area is 200 Å². The number of terminal acetylenes is 1. The number of Topliss-reactive ketones (excluding diaryl/α,β-unsaturated/α-hetero) is 2. The van der Waals surface area contributed by atoms with E-state index in [0.717, 1.165) is 66.8 Å². The molecule has 1 aliphatic heterocycles. The molecule has 6 heteroatoms. The molecule has 1 heterocycles. The number of allylic oxidation sites excluding steroid dienone is 4. The molecule has 0 aromatic heterocycles. The van der Waals surface area contributed by atoms with Gasteiger partial charge >= 0.3 is 0 Å². The van der Waals surface area contributed by atoms with E-state index < -0.39 is 5.92 Å². The highest BCUT2D eigenvalue weighted by molar-refractivity contribution is 6.32. The van der Waals surface area contributed by atoms with E-state index in [4.69, 9.17) is 27.5 Å². The number of ether oxygens (including phenoxy) is 2. The summed E-state index contributed by atoms with van der Waals surface area (Å²) >= 11 is 6.64. The van der Waals surface area contributed by atoms with Crippen LogP contribution in [0.1, 0.15) is 70.3 Å². The molecule has 1 aromatic carbocycles. The number of benzene rings is 1. The minimum absolute atomic E-state index is 0.0656. The molecule has 1 aromatic rings. The van der Waals surface area contributed by atoms with Gasteiger partial charge in [-0.25, -0.2) is 0 Å². The first-order valence-corrected chi connectivity index (χ1v) is 12.2. The maximum absolute atomic E-state index is 13.3. The van der Waals surface area contributed by atoms with Gasteiger partial charge in [0.05, 0.1) is 11.6 Å². The number of hydrogen-bond donors (Lipinski definition) is 0. The van der Waals surface area contributed by atoms with Crippen LogP contribution in [-0.4, -0.2) is 36.2 Å². The highest BCUT2D eigenvalue weighted by Gasteiger charge is 2.43. The average Bonchev–Trinajstić information content (AvgIpc) is 2.79. The molecule has 174 valence electrons. The molecule has 0 fully saturated rings. The van der Waals surface area contributed by atoms with Crippen molar-refractivity contribution < 1.29 is 19.1 Å². The van der Waals surface area contributed by atoms with Crippen molar-refractivity contribution in [2.24, 2.45) is 0 Å². The molecular weight excluding hydrogens is 438 g/mol. The normalized spacial score (nSPS) is 18.8. The zero-order chi connectivity index (χ0) is 23.5. The monoisotopic (exact) mass is 467 g/mol. The van der Waals surface area contributed by atoms with Gasteiger partial charge in [-0.1, -0.05) is 24.4 Å². The van der Waals surface area contributed by atoms with Crippen LogP contribution in [0.5, 0.6) is 11.5 Å². The second-order valence-electron chi connectivity index (χ2n) is 8.61. The van der Waals surface area contributed by atoms with Gasteiger partial charge in [0.15, 0.2) is 23.1 Å². The largest absolute Gasteiger partial charge is 0.490 e. The third kappa shape index (κ3) is 4.29. The zero-order valence-electron chi connectivity index (χ0n) is 19.3. The predicted molar refractivity (Wildman–Crippen MR) is 128 cm³/mol. The first kappa shape index (κ1) is 23.4. The van der Waals surface area contributed by atoms with E-state index in [0.29, 0.717) is 36.0 Å². The Bertz CT molecular complexity index is 1030. The van der Waals surface area contributed by atoms with Crippen LogP contribution in [0.2, 0.25) is 5.02 Å². The van der Waals surface area contributed by atoms with Gasteiger partial charge in [0.1, 0.15) is 6.61 Å². The number of carbonyl (C=O) groups excluding carboxylic acids is 2. The second kappa shape index (κ2) is 10.1. The highest BCUT2D eigenvalue weighted by Crippen LogP contribution is 2.51. The fraction of sp³-hybridized carbons (Fsp3) is 0.481. The summed E-state index contributed by atoms with van der Waals surface area (Å²) in [6.45, 7) is 5.31. The van der Waals surface area contributed by atoms with Gasteiger partial charge in [-0.3, -0.25) is 9.59 Å². The van der Waals surface area contributed by atoms with Gasteiger partial charge in [0.2, 0.25) is 0 Å². The minimum Gasteiger partial charge on any atom is -0.490 e. The molecule has 0 bridgehead atoms. The lowest BCUT2D eigenvalue weighted by atomic mass is 9.71. The van der Waals surface area contributed by atoms with E-state index in [-0.39, 0.29) is 18.2 Å². The van der Waals surface area contributed by atoms with Crippen molar-refractivity contribution in [1.82, 2.24) is 4.90 Å². The van der Waals surface area contributed by atoms with Crippen molar-refractivity contribution in [2.75, 3.05) is 19.8 Å². The van der Waals surface area contributed by atoms with Crippen LogP contribution in [0.4, 0.5) is 0 Å². The van der Waals surface area contributed by atoms with Gasteiger partial charge < -0.3 is 14.4 Å². The summed E-state index contributed by atoms with van der Waals surface area (Å²) in [5, 5.41) is 0.359. The summed E-state index contributed by atoms with van der Waals surface area (Å²) in [5.41, 5.74) is 4.44. The van der Waals surface area contributed by atoms with Crippen LogP contribution < -0.4 is 9.47 Å². The molecule has 5 nitrogen and oxygen atoms in total. The Morgan fingerprint density at radius 3 is 2.21 bits per heavy atom. The predicted octanol–water partition coefficient (Wildman–Crippen LogP) is 5.57. The van der Waals surface area contributed by atoms with Gasteiger partial charge in [0.25, 0.3) is 0 Å². The second-order valence-corrected chi connectivity index (χ2v) is 9.02. The van der Waals surface area contributed by atoms with E-state index in [1.54, 1.807) is 6.07 Å². The smallest absolute Gasteiger partial charge is 0.181 e. The van der Waals surface area contributed by atoms with Crippen LogP contribution in [0.15, 0.2) is 34.7 Å². The molecule has 0 amide bonds. The van der Waals surface area contributed by atoms with Crippen LogP contribution in [0, 0.1) is 12.3 Å². The van der Waals surface area contributed by atoms with E-state index in [9.17, 15) is 9.59 Å². The summed E-state index contributed by atoms with van der Waals surface area (Å²) in [5.74, 6) is 3.12. The fourth-order valence-corrected chi connectivity index (χ4v) is 5.59. The number of rotatable bonds is 7. The third-order valence-corrected chi connectivity index (χ3v) is 6.78. The Kier molecular flexibility index (Phi) is 7.14. The maximum atomic E-state index is 13.3. The summed E-state index contributed by atoms with van der Waals surface area (Å²) in [7, 11) is 0. The van der Waals surface area contributed by atoms with Crippen molar-refractivity contribution in [2.45, 2.75) is 64.7 Å². The number of nitrogens with zero attached hydrogens (tertiary/aromatic N) is 1. The Morgan fingerprint density at radius 2 is 1.67 bits per heavy atom. The molecule has 4 rings (SSSR count). The summed E-state index contributed by atoms with van der Waals surface area (Å²) in [6, 6.07) is 3.66. The first-order valence-electron chi connectivity index (χ1n) is 11.8. The van der Waals surface area contributed by atoms with Crippen molar-refractivity contribution in [3.05, 3.63) is 45.3 Å². The fourth-order valence-electron chi connectivity index (χ4n) is 5.31. The zero-order valence-corrected chi connectivity index (χ0v) is 20.1. The van der Waals surface area contributed by atoms with Gasteiger partial charge in [-0.05, 0) is 56.7 Å². The van der Waals surface area contributed by atoms with Gasteiger partial charge in [-0.2, -0.15) is 0 Å². The Balaban J connectivity index is 1.93. The summed E-state index contributed by atoms with van der Waals surface area (Å²) in [6.07, 6.45) is 10.7. The minimum atomic E-state index is -0.429. The topological polar surface area (TPSA) is 55.8 Å². The number of ketones is 2. The van der Waals surface area contributed by atoms with Crippen LogP contribution in [0.3, 0.4) is 0 Å². The lowest BCUT2D eigenvalue weighted by molar-refractivity contribution is -0.117. The summed E-state index contributed by atoms with van der Waals surface area (Å²) < 4.78 is 11.5. The van der Waals surface area contributed by atoms with Crippen molar-refractivity contribution in [3.8, 4) is 23.8 Å². The Hall–Kier alpha value is -2.71. The maximum Gasteiger partial charge on any atom is 0.181 e. The number of carbonyl (C=O) groups is 2. The lowest BCUT2D eigenvalue weighted by Crippen LogP contribution is -2.39. The molecule has 0 radical (unpaired) electrons. The van der Waals surface area contributed by atoms with Crippen molar-refractivity contribution >= 4 is 23.2 Å². The van der Waals surface area contributed by atoms with Gasteiger partial charge in [-0.15, -0.1) is 6.42 Å². The van der Waals surface area contributed by atoms with E-state index >= 15 is 0 Å². The van der Waals surface area contributed by atoms with E-state index in [2.05, 4.69) is 17.7 Å².